The van der Waals surface area contributed by atoms with Crippen LogP contribution in [0, 0.1) is 6.92 Å². The van der Waals surface area contributed by atoms with Gasteiger partial charge in [0.2, 0.25) is 0 Å². The first-order valence-corrected chi connectivity index (χ1v) is 10.7. The van der Waals surface area contributed by atoms with Gasteiger partial charge in [-0.2, -0.15) is 0 Å². The monoisotopic (exact) mass is 423 g/mol. The van der Waals surface area contributed by atoms with E-state index >= 15 is 0 Å². The Hall–Kier alpha value is -3.79. The standard InChI is InChI=1S/C28H25NO3/c1-18-13-14-23-20(15-18)16-25-27(28(30)32-3)22(21-11-7-8-12-26(21)31-2)17-24(29(23)25)19-9-5-4-6-10-19/h4-17,22,27H,1-3H3/t22-,27-/m0/s1. The molecule has 0 amide bonds. The molecule has 4 aromatic rings. The van der Waals surface area contributed by atoms with Crippen molar-refractivity contribution >= 4 is 22.6 Å². The molecule has 0 saturated heterocycles. The highest BCUT2D eigenvalue weighted by atomic mass is 16.5. The molecule has 0 bridgehead atoms. The quantitative estimate of drug-likeness (QED) is 0.384. The summed E-state index contributed by atoms with van der Waals surface area (Å²) in [4.78, 5) is 13.2. The third-order valence-electron chi connectivity index (χ3n) is 6.26. The summed E-state index contributed by atoms with van der Waals surface area (Å²) in [7, 11) is 3.12. The summed E-state index contributed by atoms with van der Waals surface area (Å²) in [5.74, 6) is -0.219. The first-order valence-electron chi connectivity index (χ1n) is 10.7. The van der Waals surface area contributed by atoms with Gasteiger partial charge in [0.1, 0.15) is 11.7 Å². The molecule has 0 N–H and O–H groups in total. The number of benzene rings is 3. The number of ether oxygens (including phenoxy) is 2. The van der Waals surface area contributed by atoms with Gasteiger partial charge in [-0.05, 0) is 36.8 Å². The number of allylic oxidation sites excluding steroid dienone is 1. The Kier molecular flexibility index (Phi) is 5.06. The number of fused-ring (bicyclic) bond motifs is 3. The number of aryl methyl sites for hydroxylation is 1. The molecule has 4 heteroatoms. The Morgan fingerprint density at radius 1 is 0.906 bits per heavy atom. The Morgan fingerprint density at radius 3 is 2.41 bits per heavy atom. The molecule has 1 aromatic heterocycles. The van der Waals surface area contributed by atoms with Crippen molar-refractivity contribution in [2.75, 3.05) is 14.2 Å². The van der Waals surface area contributed by atoms with Crippen LogP contribution in [0.3, 0.4) is 0 Å². The lowest BCUT2D eigenvalue weighted by molar-refractivity contribution is -0.142. The van der Waals surface area contributed by atoms with Gasteiger partial charge in [-0.1, -0.05) is 66.2 Å². The van der Waals surface area contributed by atoms with Gasteiger partial charge in [-0.15, -0.1) is 0 Å². The number of aromatic nitrogens is 1. The van der Waals surface area contributed by atoms with Crippen molar-refractivity contribution in [3.05, 3.63) is 107 Å². The Labute approximate surface area is 187 Å². The van der Waals surface area contributed by atoms with Gasteiger partial charge in [-0.3, -0.25) is 4.79 Å². The van der Waals surface area contributed by atoms with Gasteiger partial charge in [0.15, 0.2) is 0 Å². The van der Waals surface area contributed by atoms with Crippen molar-refractivity contribution in [2.24, 2.45) is 0 Å². The summed E-state index contributed by atoms with van der Waals surface area (Å²) in [5.41, 5.74) is 6.29. The zero-order valence-corrected chi connectivity index (χ0v) is 18.4. The zero-order valence-electron chi connectivity index (χ0n) is 18.4. The summed E-state index contributed by atoms with van der Waals surface area (Å²) in [5, 5.41) is 1.11. The van der Waals surface area contributed by atoms with Crippen molar-refractivity contribution in [2.45, 2.75) is 18.8 Å². The highest BCUT2D eigenvalue weighted by Crippen LogP contribution is 2.47. The SMILES string of the molecule is COC(=O)[C@@H]1c2cc3cc(C)ccc3n2C(c2ccccc2)=C[C@H]1c1ccccc1OC. The number of carbonyl (C=O) groups is 1. The van der Waals surface area contributed by atoms with Crippen LogP contribution < -0.4 is 4.74 Å². The Balaban J connectivity index is 1.84. The average Bonchev–Trinajstić information content (AvgIpc) is 3.21. The van der Waals surface area contributed by atoms with Gasteiger partial charge in [0.05, 0.1) is 19.7 Å². The largest absolute Gasteiger partial charge is 0.496 e. The zero-order chi connectivity index (χ0) is 22.2. The van der Waals surface area contributed by atoms with Crippen LogP contribution in [0.5, 0.6) is 5.75 Å². The number of methoxy groups -OCH3 is 2. The molecule has 2 heterocycles. The number of nitrogens with zero attached hydrogens (tertiary/aromatic N) is 1. The molecule has 0 aliphatic carbocycles. The normalized spacial score (nSPS) is 17.5. The van der Waals surface area contributed by atoms with E-state index < -0.39 is 5.92 Å². The van der Waals surface area contributed by atoms with Crippen molar-refractivity contribution in [1.29, 1.82) is 0 Å². The summed E-state index contributed by atoms with van der Waals surface area (Å²) in [6, 6.07) is 26.7. The first kappa shape index (κ1) is 20.1. The van der Waals surface area contributed by atoms with Crippen LogP contribution in [0.4, 0.5) is 0 Å². The van der Waals surface area contributed by atoms with Crippen LogP contribution in [0.2, 0.25) is 0 Å². The van der Waals surface area contributed by atoms with Crippen LogP contribution in [-0.2, 0) is 9.53 Å². The van der Waals surface area contributed by atoms with E-state index in [0.29, 0.717) is 0 Å². The fourth-order valence-corrected chi connectivity index (χ4v) is 4.82. The number of carbonyl (C=O) groups excluding carboxylic acids is 1. The molecular weight excluding hydrogens is 398 g/mol. The van der Waals surface area contributed by atoms with Crippen molar-refractivity contribution in [3.63, 3.8) is 0 Å². The van der Waals surface area contributed by atoms with Gasteiger partial charge < -0.3 is 14.0 Å². The smallest absolute Gasteiger partial charge is 0.315 e. The molecule has 32 heavy (non-hydrogen) atoms. The van der Waals surface area contributed by atoms with E-state index in [0.717, 1.165) is 39.2 Å². The van der Waals surface area contributed by atoms with E-state index in [4.69, 9.17) is 9.47 Å². The minimum Gasteiger partial charge on any atom is -0.496 e. The third kappa shape index (κ3) is 3.19. The topological polar surface area (TPSA) is 40.5 Å². The lowest BCUT2D eigenvalue weighted by atomic mass is 9.80. The van der Waals surface area contributed by atoms with Crippen LogP contribution in [0.25, 0.3) is 16.6 Å². The second kappa shape index (κ2) is 8.04. The molecule has 160 valence electrons. The molecular formula is C28H25NO3. The van der Waals surface area contributed by atoms with Crippen LogP contribution in [0.1, 0.15) is 34.2 Å². The van der Waals surface area contributed by atoms with Crippen molar-refractivity contribution in [3.8, 4) is 5.75 Å². The van der Waals surface area contributed by atoms with E-state index in [2.05, 4.69) is 54.0 Å². The lowest BCUT2D eigenvalue weighted by Gasteiger charge is -2.32. The van der Waals surface area contributed by atoms with Crippen molar-refractivity contribution < 1.29 is 14.3 Å². The third-order valence-corrected chi connectivity index (χ3v) is 6.26. The minimum atomic E-state index is -0.489. The number of hydrogen-bond donors (Lipinski definition) is 0. The van der Waals surface area contributed by atoms with E-state index in [1.165, 1.54) is 12.7 Å². The summed E-state index contributed by atoms with van der Waals surface area (Å²) in [6.45, 7) is 2.08. The Morgan fingerprint density at radius 2 is 1.66 bits per heavy atom. The first-order chi connectivity index (χ1) is 15.6. The van der Waals surface area contributed by atoms with Crippen LogP contribution in [-0.4, -0.2) is 24.8 Å². The minimum absolute atomic E-state index is 0.230. The molecule has 1 aliphatic heterocycles. The average molecular weight is 424 g/mol. The number of para-hydroxylation sites is 1. The number of rotatable bonds is 4. The molecule has 2 atom stereocenters. The maximum Gasteiger partial charge on any atom is 0.315 e. The van der Waals surface area contributed by atoms with Crippen molar-refractivity contribution in [1.82, 2.24) is 4.57 Å². The second-order valence-electron chi connectivity index (χ2n) is 8.15. The predicted molar refractivity (Wildman–Crippen MR) is 127 cm³/mol. The van der Waals surface area contributed by atoms with Gasteiger partial charge in [-0.25, -0.2) is 0 Å². The molecule has 1 aliphatic rings. The van der Waals surface area contributed by atoms with E-state index in [1.54, 1.807) is 7.11 Å². The molecule has 0 radical (unpaired) electrons. The van der Waals surface area contributed by atoms with Gasteiger partial charge >= 0.3 is 5.97 Å². The molecule has 4 nitrogen and oxygen atoms in total. The maximum absolute atomic E-state index is 13.2. The van der Waals surface area contributed by atoms with E-state index in [1.807, 2.05) is 42.5 Å². The van der Waals surface area contributed by atoms with E-state index in [-0.39, 0.29) is 11.9 Å². The highest BCUT2D eigenvalue weighted by molar-refractivity contribution is 5.93. The summed E-state index contributed by atoms with van der Waals surface area (Å²) < 4.78 is 13.2. The fourth-order valence-electron chi connectivity index (χ4n) is 4.82. The molecule has 5 rings (SSSR count). The number of hydrogen-bond acceptors (Lipinski definition) is 3. The summed E-state index contributed by atoms with van der Waals surface area (Å²) in [6.07, 6.45) is 2.18. The van der Waals surface area contributed by atoms with Crippen LogP contribution >= 0.6 is 0 Å². The fraction of sp³-hybridized carbons (Fsp3) is 0.179. The Bertz CT molecular complexity index is 1330. The van der Waals surface area contributed by atoms with Gasteiger partial charge in [0.25, 0.3) is 0 Å². The highest BCUT2D eigenvalue weighted by Gasteiger charge is 2.39. The summed E-state index contributed by atoms with van der Waals surface area (Å²) >= 11 is 0. The second-order valence-corrected chi connectivity index (χ2v) is 8.15. The molecule has 3 aromatic carbocycles. The molecule has 0 unspecified atom stereocenters. The van der Waals surface area contributed by atoms with Gasteiger partial charge in [0, 0.05) is 28.3 Å². The maximum atomic E-state index is 13.2. The number of esters is 1. The lowest BCUT2D eigenvalue weighted by Crippen LogP contribution is -2.27. The molecule has 0 fully saturated rings. The van der Waals surface area contributed by atoms with E-state index in [9.17, 15) is 4.79 Å². The van der Waals surface area contributed by atoms with Crippen LogP contribution in [0.15, 0.2) is 84.9 Å². The predicted octanol–water partition coefficient (Wildman–Crippen LogP) is 5.90. The molecule has 0 saturated carbocycles. The molecule has 0 spiro atoms.